The summed E-state index contributed by atoms with van der Waals surface area (Å²) in [5, 5.41) is 11.3. The second-order valence-electron chi connectivity index (χ2n) is 3.06. The summed E-state index contributed by atoms with van der Waals surface area (Å²) in [5.41, 5.74) is 0. The Bertz CT molecular complexity index is 204. The van der Waals surface area contributed by atoms with Crippen LogP contribution in [0.25, 0.3) is 0 Å². The van der Waals surface area contributed by atoms with Gasteiger partial charge in [0.25, 0.3) is 0 Å². The molecular formula is C8H15NO3S. The Morgan fingerprint density at radius 2 is 2.00 bits per heavy atom. The largest absolute Gasteiger partial charge is 0.480 e. The molecule has 0 aliphatic heterocycles. The van der Waals surface area contributed by atoms with Gasteiger partial charge in [-0.3, -0.25) is 9.59 Å². The van der Waals surface area contributed by atoms with E-state index >= 15 is 0 Å². The van der Waals surface area contributed by atoms with Crippen LogP contribution in [0.2, 0.25) is 0 Å². The second kappa shape index (κ2) is 5.11. The average Bonchev–Trinajstić information content (AvgIpc) is 2.01. The third kappa shape index (κ3) is 4.77. The van der Waals surface area contributed by atoms with Gasteiger partial charge in [0.15, 0.2) is 0 Å². The van der Waals surface area contributed by atoms with E-state index in [4.69, 9.17) is 5.11 Å². The van der Waals surface area contributed by atoms with E-state index in [1.54, 1.807) is 13.8 Å². The highest BCUT2D eigenvalue weighted by atomic mass is 32.2. The predicted octanol–water partition coefficient (Wildman–Crippen LogP) is 0.719. The third-order valence-electron chi connectivity index (χ3n) is 1.45. The van der Waals surface area contributed by atoms with Crippen molar-refractivity contribution in [2.45, 2.75) is 25.5 Å². The molecule has 0 aliphatic carbocycles. The molecule has 0 fully saturated rings. The van der Waals surface area contributed by atoms with Crippen molar-refractivity contribution in [3.63, 3.8) is 0 Å². The summed E-state index contributed by atoms with van der Waals surface area (Å²) >= 11 is 1.12. The van der Waals surface area contributed by atoms with Crippen LogP contribution >= 0.6 is 11.8 Å². The van der Waals surface area contributed by atoms with E-state index in [0.29, 0.717) is 6.54 Å². The molecule has 13 heavy (non-hydrogen) atoms. The summed E-state index contributed by atoms with van der Waals surface area (Å²) in [6.07, 6.45) is 0. The first kappa shape index (κ1) is 12.3. The van der Waals surface area contributed by atoms with Crippen LogP contribution in [-0.2, 0) is 9.59 Å². The van der Waals surface area contributed by atoms with Crippen LogP contribution in [0.1, 0.15) is 20.8 Å². The fraction of sp³-hybridized carbons (Fsp3) is 0.750. The first-order valence-electron chi connectivity index (χ1n) is 4.04. The summed E-state index contributed by atoms with van der Waals surface area (Å²) in [6, 6.07) is 0. The number of thioether (sulfide) groups is 1. The van der Waals surface area contributed by atoms with Gasteiger partial charge >= 0.3 is 5.97 Å². The minimum absolute atomic E-state index is 0.123. The van der Waals surface area contributed by atoms with Gasteiger partial charge in [-0.25, -0.2) is 0 Å². The van der Waals surface area contributed by atoms with Crippen molar-refractivity contribution in [3.8, 4) is 0 Å². The molecule has 0 unspecified atom stereocenters. The molecule has 4 nitrogen and oxygen atoms in total. The lowest BCUT2D eigenvalue weighted by Crippen LogP contribution is -2.32. The molecule has 0 aromatic rings. The van der Waals surface area contributed by atoms with Gasteiger partial charge in [0.1, 0.15) is 4.75 Å². The number of carbonyl (C=O) groups excluding carboxylic acids is 1. The molecule has 0 aliphatic rings. The molecule has 0 radical (unpaired) electrons. The van der Waals surface area contributed by atoms with Crippen molar-refractivity contribution >= 4 is 23.6 Å². The highest BCUT2D eigenvalue weighted by Crippen LogP contribution is 2.23. The minimum Gasteiger partial charge on any atom is -0.480 e. The van der Waals surface area contributed by atoms with E-state index in [9.17, 15) is 9.59 Å². The summed E-state index contributed by atoms with van der Waals surface area (Å²) in [6.45, 7) is 5.57. The third-order valence-corrected chi connectivity index (χ3v) is 2.76. The summed E-state index contributed by atoms with van der Waals surface area (Å²) in [5.74, 6) is -0.837. The lowest BCUT2D eigenvalue weighted by molar-refractivity contribution is -0.138. The highest BCUT2D eigenvalue weighted by molar-refractivity contribution is 8.01. The number of aliphatic carboxylic acids is 1. The van der Waals surface area contributed by atoms with Gasteiger partial charge in [0.05, 0.1) is 5.75 Å². The van der Waals surface area contributed by atoms with Gasteiger partial charge in [0.2, 0.25) is 5.91 Å². The molecule has 0 spiro atoms. The van der Waals surface area contributed by atoms with E-state index in [-0.39, 0.29) is 11.7 Å². The summed E-state index contributed by atoms with van der Waals surface area (Å²) in [7, 11) is 0. The van der Waals surface area contributed by atoms with Crippen LogP contribution in [0, 0.1) is 0 Å². The maximum absolute atomic E-state index is 11.0. The Labute approximate surface area is 82.1 Å². The predicted molar refractivity (Wildman–Crippen MR) is 52.9 cm³/mol. The highest BCUT2D eigenvalue weighted by Gasteiger charge is 2.28. The van der Waals surface area contributed by atoms with Crippen molar-refractivity contribution in [3.05, 3.63) is 0 Å². The molecule has 0 heterocycles. The van der Waals surface area contributed by atoms with E-state index in [2.05, 4.69) is 5.32 Å². The molecule has 0 aromatic carbocycles. The number of amides is 1. The lowest BCUT2D eigenvalue weighted by atomic mass is 10.2. The standard InChI is InChI=1S/C8H15NO3S/c1-4-9-6(10)5-13-8(2,3)7(11)12/h4-5H2,1-3H3,(H,9,10)(H,11,12). The monoisotopic (exact) mass is 205 g/mol. The van der Waals surface area contributed by atoms with E-state index < -0.39 is 10.7 Å². The molecule has 76 valence electrons. The Hall–Kier alpha value is -0.710. The first-order valence-corrected chi connectivity index (χ1v) is 5.02. The molecule has 0 aromatic heterocycles. The molecule has 0 saturated carbocycles. The SMILES string of the molecule is CCNC(=O)CSC(C)(C)C(=O)O. The number of carboxylic acids is 1. The van der Waals surface area contributed by atoms with Gasteiger partial charge in [-0.05, 0) is 20.8 Å². The Morgan fingerprint density at radius 1 is 1.46 bits per heavy atom. The number of carboxylic acid groups (broad SMARTS) is 1. The molecule has 1 amide bonds. The topological polar surface area (TPSA) is 66.4 Å². The number of hydrogen-bond acceptors (Lipinski definition) is 3. The molecule has 0 bridgehead atoms. The fourth-order valence-electron chi connectivity index (χ4n) is 0.556. The van der Waals surface area contributed by atoms with Crippen molar-refractivity contribution in [2.24, 2.45) is 0 Å². The zero-order valence-corrected chi connectivity index (χ0v) is 8.90. The maximum Gasteiger partial charge on any atom is 0.319 e. The quantitative estimate of drug-likeness (QED) is 0.694. The van der Waals surface area contributed by atoms with Crippen LogP contribution in [0.3, 0.4) is 0 Å². The molecule has 0 saturated heterocycles. The Kier molecular flexibility index (Phi) is 4.83. The summed E-state index contributed by atoms with van der Waals surface area (Å²) < 4.78 is -0.898. The van der Waals surface area contributed by atoms with Gasteiger partial charge in [-0.2, -0.15) is 0 Å². The van der Waals surface area contributed by atoms with Crippen molar-refractivity contribution in [2.75, 3.05) is 12.3 Å². The van der Waals surface area contributed by atoms with Crippen molar-refractivity contribution in [1.29, 1.82) is 0 Å². The fourth-order valence-corrected chi connectivity index (χ4v) is 1.27. The molecule has 0 atom stereocenters. The van der Waals surface area contributed by atoms with Gasteiger partial charge in [-0.1, -0.05) is 0 Å². The van der Waals surface area contributed by atoms with Gasteiger partial charge in [0, 0.05) is 6.54 Å². The number of carbonyl (C=O) groups is 2. The van der Waals surface area contributed by atoms with Gasteiger partial charge in [-0.15, -0.1) is 11.8 Å². The normalized spacial score (nSPS) is 11.0. The maximum atomic E-state index is 11.0. The first-order chi connectivity index (χ1) is 5.90. The van der Waals surface area contributed by atoms with Crippen LogP contribution in [0.5, 0.6) is 0 Å². The van der Waals surface area contributed by atoms with Crippen molar-refractivity contribution in [1.82, 2.24) is 5.32 Å². The smallest absolute Gasteiger partial charge is 0.319 e. The van der Waals surface area contributed by atoms with Crippen LogP contribution in [0.4, 0.5) is 0 Å². The van der Waals surface area contributed by atoms with E-state index in [1.807, 2.05) is 6.92 Å². The minimum atomic E-state index is -0.901. The molecule has 0 rings (SSSR count). The molecular weight excluding hydrogens is 190 g/mol. The average molecular weight is 205 g/mol. The zero-order chi connectivity index (χ0) is 10.5. The lowest BCUT2D eigenvalue weighted by Gasteiger charge is -2.17. The second-order valence-corrected chi connectivity index (χ2v) is 4.66. The van der Waals surface area contributed by atoms with Gasteiger partial charge < -0.3 is 10.4 Å². The van der Waals surface area contributed by atoms with Crippen LogP contribution in [0.15, 0.2) is 0 Å². The Morgan fingerprint density at radius 3 is 2.38 bits per heavy atom. The van der Waals surface area contributed by atoms with E-state index in [0.717, 1.165) is 11.8 Å². The number of rotatable bonds is 5. The number of nitrogens with one attached hydrogen (secondary N) is 1. The van der Waals surface area contributed by atoms with Crippen LogP contribution < -0.4 is 5.32 Å². The number of hydrogen-bond donors (Lipinski definition) is 2. The summed E-state index contributed by atoms with van der Waals surface area (Å²) in [4.78, 5) is 21.6. The molecule has 5 heteroatoms. The van der Waals surface area contributed by atoms with Crippen LogP contribution in [-0.4, -0.2) is 34.0 Å². The molecule has 2 N–H and O–H groups in total. The Balaban J connectivity index is 3.88. The van der Waals surface area contributed by atoms with Crippen molar-refractivity contribution < 1.29 is 14.7 Å². The zero-order valence-electron chi connectivity index (χ0n) is 8.09. The van der Waals surface area contributed by atoms with E-state index in [1.165, 1.54) is 0 Å².